The smallest absolute Gasteiger partial charge is 0.338 e. The van der Waals surface area contributed by atoms with E-state index in [1.807, 2.05) is 0 Å². The molecular formula is C45H48O13. The summed E-state index contributed by atoms with van der Waals surface area (Å²) in [5, 5.41) is 25.8. The Balaban J connectivity index is 1.55. The molecule has 0 bridgehead atoms. The molecule has 3 aromatic carbocycles. The Hall–Kier alpha value is -5.37. The summed E-state index contributed by atoms with van der Waals surface area (Å²) in [6.07, 6.45) is -8.57. The second-order valence-electron chi connectivity index (χ2n) is 16.4. The molecule has 3 aliphatic carbocycles. The van der Waals surface area contributed by atoms with Gasteiger partial charge in [0, 0.05) is 26.7 Å². The quantitative estimate of drug-likeness (QED) is 0.165. The molecule has 13 nitrogen and oxygen atoms in total. The number of rotatable bonds is 9. The monoisotopic (exact) mass is 796 g/mol. The number of aliphatic hydroxyl groups is 2. The van der Waals surface area contributed by atoms with Crippen LogP contribution in [0.5, 0.6) is 0 Å². The molecule has 10 atom stereocenters. The summed E-state index contributed by atoms with van der Waals surface area (Å²) in [6.45, 7) is 8.49. The van der Waals surface area contributed by atoms with Crippen molar-refractivity contribution >= 4 is 29.8 Å². The lowest BCUT2D eigenvalue weighted by atomic mass is 9.49. The Labute approximate surface area is 336 Å². The van der Waals surface area contributed by atoms with Crippen LogP contribution in [0.25, 0.3) is 0 Å². The highest BCUT2D eigenvalue weighted by molar-refractivity contribution is 5.91. The highest BCUT2D eigenvalue weighted by atomic mass is 16.6. The number of fused-ring (bicyclic) bond motifs is 4. The number of aliphatic hydroxyl groups excluding tert-OH is 1. The zero-order valence-corrected chi connectivity index (χ0v) is 33.2. The number of esters is 5. The van der Waals surface area contributed by atoms with E-state index in [-0.39, 0.29) is 41.7 Å². The van der Waals surface area contributed by atoms with Gasteiger partial charge < -0.3 is 38.6 Å². The maximum atomic E-state index is 14.5. The van der Waals surface area contributed by atoms with Crippen molar-refractivity contribution in [1.82, 2.24) is 0 Å². The third-order valence-electron chi connectivity index (χ3n) is 12.7. The van der Waals surface area contributed by atoms with Crippen LogP contribution in [0.15, 0.2) is 102 Å². The van der Waals surface area contributed by atoms with Crippen LogP contribution in [-0.4, -0.2) is 94.5 Å². The van der Waals surface area contributed by atoms with Gasteiger partial charge in [0.1, 0.15) is 36.6 Å². The fourth-order valence-electron chi connectivity index (χ4n) is 10.2. The minimum absolute atomic E-state index is 0.0894. The van der Waals surface area contributed by atoms with Gasteiger partial charge in [0.25, 0.3) is 0 Å². The maximum absolute atomic E-state index is 14.5. The van der Waals surface area contributed by atoms with E-state index < -0.39 is 94.4 Å². The van der Waals surface area contributed by atoms with Crippen molar-refractivity contribution in [2.24, 2.45) is 16.7 Å². The Kier molecular flexibility index (Phi) is 10.6. The second kappa shape index (κ2) is 15.1. The maximum Gasteiger partial charge on any atom is 0.338 e. The SMILES string of the molecule is CC(=O)O[C@H]1C[C@]2(C(C)(C)O)C(=C1C)[C@@H](O)[C@H](OC(=O)c1ccccc1)[C@@]1(C)C(C2OC(=O)c2ccccc2)[C@]2(OC(C)=O)CO[C@@H]2C[C@@H]1OC(=O)c1ccccc1. The van der Waals surface area contributed by atoms with Crippen molar-refractivity contribution in [2.75, 3.05) is 6.61 Å². The number of hydrogen-bond acceptors (Lipinski definition) is 13. The van der Waals surface area contributed by atoms with E-state index in [0.29, 0.717) is 5.57 Å². The zero-order valence-electron chi connectivity index (χ0n) is 33.2. The Morgan fingerprint density at radius 3 is 1.64 bits per heavy atom. The van der Waals surface area contributed by atoms with E-state index in [1.165, 1.54) is 39.8 Å². The lowest BCUT2D eigenvalue weighted by molar-refractivity contribution is -0.350. The molecule has 0 aromatic heterocycles. The molecule has 3 aromatic rings. The topological polar surface area (TPSA) is 181 Å². The number of ether oxygens (including phenoxy) is 6. The molecule has 4 aliphatic rings. The van der Waals surface area contributed by atoms with Crippen LogP contribution < -0.4 is 0 Å². The van der Waals surface area contributed by atoms with E-state index in [0.717, 1.165) is 0 Å². The Morgan fingerprint density at radius 1 is 0.724 bits per heavy atom. The van der Waals surface area contributed by atoms with Crippen molar-refractivity contribution in [3.05, 3.63) is 119 Å². The first-order valence-electron chi connectivity index (χ1n) is 19.3. The number of benzene rings is 3. The van der Waals surface area contributed by atoms with Gasteiger partial charge in [-0.1, -0.05) is 61.5 Å². The Bertz CT molecular complexity index is 2110. The van der Waals surface area contributed by atoms with Gasteiger partial charge in [0.2, 0.25) is 0 Å². The summed E-state index contributed by atoms with van der Waals surface area (Å²) in [6, 6.07) is 24.5. The predicted molar refractivity (Wildman–Crippen MR) is 205 cm³/mol. The summed E-state index contributed by atoms with van der Waals surface area (Å²) in [5.41, 5.74) is -6.26. The standard InChI is InChI=1S/C45H48O13/c1-25-31(54-26(2)46)23-44(42(4,5)52)34(25)35(48)37(56-40(50)29-18-12-8-13-19-29)43(6)32(55-39(49)28-16-10-7-11-17-28)22-33-45(24-53-33,58-27(3)47)36(43)38(44)57-41(51)30-20-14-9-15-21-30/h7-21,31-33,35-38,48,52H,22-24H2,1-6H3/t31-,32-,33+,35+,36?,37-,38?,43+,44-,45-/m0/s1. The lowest BCUT2D eigenvalue weighted by Gasteiger charge is -2.65. The molecule has 1 saturated heterocycles. The van der Waals surface area contributed by atoms with Crippen LogP contribution in [0.4, 0.5) is 0 Å². The predicted octanol–water partition coefficient (Wildman–Crippen LogP) is 5.17. The third kappa shape index (κ3) is 6.58. The average molecular weight is 797 g/mol. The normalized spacial score (nSPS) is 32.5. The van der Waals surface area contributed by atoms with Gasteiger partial charge in [-0.25, -0.2) is 14.4 Å². The van der Waals surface area contributed by atoms with E-state index in [1.54, 1.807) is 92.7 Å². The van der Waals surface area contributed by atoms with Crippen molar-refractivity contribution in [1.29, 1.82) is 0 Å². The van der Waals surface area contributed by atoms with Gasteiger partial charge in [0.05, 0.1) is 45.6 Å². The molecule has 0 spiro atoms. The fourth-order valence-corrected chi connectivity index (χ4v) is 10.2. The molecule has 2 saturated carbocycles. The summed E-state index contributed by atoms with van der Waals surface area (Å²) in [4.78, 5) is 68.8. The van der Waals surface area contributed by atoms with Crippen molar-refractivity contribution in [3.63, 3.8) is 0 Å². The second-order valence-corrected chi connectivity index (χ2v) is 16.4. The summed E-state index contributed by atoms with van der Waals surface area (Å²) >= 11 is 0. The van der Waals surface area contributed by atoms with Gasteiger partial charge in [-0.2, -0.15) is 0 Å². The molecule has 306 valence electrons. The van der Waals surface area contributed by atoms with Crippen LogP contribution in [0.2, 0.25) is 0 Å². The van der Waals surface area contributed by atoms with Gasteiger partial charge in [-0.3, -0.25) is 9.59 Å². The van der Waals surface area contributed by atoms with E-state index in [9.17, 15) is 34.2 Å². The molecule has 1 aliphatic heterocycles. The summed E-state index contributed by atoms with van der Waals surface area (Å²) in [7, 11) is 0. The fraction of sp³-hybridized carbons (Fsp3) is 0.444. The van der Waals surface area contributed by atoms with Crippen LogP contribution in [0, 0.1) is 16.7 Å². The number of carbonyl (C=O) groups excluding carboxylic acids is 5. The number of carbonyl (C=O) groups is 5. The minimum atomic E-state index is -1.91. The first-order chi connectivity index (χ1) is 27.5. The first kappa shape index (κ1) is 40.8. The first-order valence-corrected chi connectivity index (χ1v) is 19.3. The summed E-state index contributed by atoms with van der Waals surface area (Å²) < 4.78 is 37.9. The molecule has 58 heavy (non-hydrogen) atoms. The highest BCUT2D eigenvalue weighted by Gasteiger charge is 2.80. The molecule has 3 fully saturated rings. The largest absolute Gasteiger partial charge is 0.458 e. The Morgan fingerprint density at radius 2 is 1.21 bits per heavy atom. The zero-order chi connectivity index (χ0) is 41.8. The van der Waals surface area contributed by atoms with Crippen LogP contribution in [-0.2, 0) is 38.0 Å². The lowest BCUT2D eigenvalue weighted by Crippen LogP contribution is -2.79. The highest BCUT2D eigenvalue weighted by Crippen LogP contribution is 2.69. The molecule has 2 unspecified atom stereocenters. The molecule has 13 heteroatoms. The van der Waals surface area contributed by atoms with Crippen molar-refractivity contribution in [2.45, 2.75) is 102 Å². The molecule has 2 N–H and O–H groups in total. The van der Waals surface area contributed by atoms with Gasteiger partial charge in [0.15, 0.2) is 5.60 Å². The molecular weight excluding hydrogens is 748 g/mol. The van der Waals surface area contributed by atoms with Gasteiger partial charge >= 0.3 is 29.8 Å². The molecule has 1 heterocycles. The van der Waals surface area contributed by atoms with Crippen LogP contribution in [0.3, 0.4) is 0 Å². The minimum Gasteiger partial charge on any atom is -0.458 e. The van der Waals surface area contributed by atoms with E-state index in [2.05, 4.69) is 0 Å². The van der Waals surface area contributed by atoms with E-state index in [4.69, 9.17) is 28.4 Å². The third-order valence-corrected chi connectivity index (χ3v) is 12.7. The van der Waals surface area contributed by atoms with Crippen molar-refractivity contribution < 1.29 is 62.6 Å². The number of hydrogen-bond donors (Lipinski definition) is 2. The van der Waals surface area contributed by atoms with Gasteiger partial charge in [-0.05, 0) is 68.3 Å². The van der Waals surface area contributed by atoms with Crippen LogP contribution >= 0.6 is 0 Å². The van der Waals surface area contributed by atoms with Crippen molar-refractivity contribution in [3.8, 4) is 0 Å². The van der Waals surface area contributed by atoms with Gasteiger partial charge in [-0.15, -0.1) is 0 Å². The molecule has 0 radical (unpaired) electrons. The van der Waals surface area contributed by atoms with Crippen LogP contribution in [0.1, 0.15) is 85.5 Å². The van der Waals surface area contributed by atoms with E-state index >= 15 is 0 Å². The molecule has 7 rings (SSSR count). The average Bonchev–Trinajstić information content (AvgIpc) is 3.45. The molecule has 0 amide bonds. The summed E-state index contributed by atoms with van der Waals surface area (Å²) in [5.74, 6) is -5.10.